The molecule has 3 heterocycles. The number of hydrogen-bond donors (Lipinski definition) is 4. The fourth-order valence-electron chi connectivity index (χ4n) is 5.29. The van der Waals surface area contributed by atoms with E-state index in [0.29, 0.717) is 11.1 Å². The Morgan fingerprint density at radius 1 is 0.885 bits per heavy atom. The monoisotopic (exact) mass is 720 g/mol. The van der Waals surface area contributed by atoms with E-state index in [2.05, 4.69) is 30.3 Å². The van der Waals surface area contributed by atoms with Crippen molar-refractivity contribution in [3.63, 3.8) is 0 Å². The standard InChI is InChI=1S/C35H25F5N6O6/c1-17-9-10-19(41-31(50)26-13-18-5-2-3-6-21(18)32(43-26)52-33(51)35(38,39)40)14-23(17)28-22-11-12-27(49)46(29-24(36)7-4-8-25(29)37)30(22)45-34(44-28)42-20(15-47)16-48/h2-14,20,47-48H,15-16H2,1H3,(H,41,50)(H,42,44,45). The van der Waals surface area contributed by atoms with Gasteiger partial charge >= 0.3 is 12.1 Å². The second kappa shape index (κ2) is 14.1. The van der Waals surface area contributed by atoms with Crippen molar-refractivity contribution < 1.29 is 46.5 Å². The minimum absolute atomic E-state index is 0.0488. The number of amides is 1. The second-order valence-electron chi connectivity index (χ2n) is 11.3. The summed E-state index contributed by atoms with van der Waals surface area (Å²) in [5.74, 6) is -6.51. The Labute approximate surface area is 289 Å². The van der Waals surface area contributed by atoms with Gasteiger partial charge in [0.1, 0.15) is 23.0 Å². The number of nitrogens with zero attached hydrogens (tertiary/aromatic N) is 4. The lowest BCUT2D eigenvalue weighted by Crippen LogP contribution is -2.29. The lowest BCUT2D eigenvalue weighted by atomic mass is 10.0. The molecule has 52 heavy (non-hydrogen) atoms. The number of ether oxygens (including phenoxy) is 1. The minimum atomic E-state index is -5.32. The molecule has 0 saturated carbocycles. The Hall–Kier alpha value is -6.33. The quantitative estimate of drug-likeness (QED) is 0.117. The van der Waals surface area contributed by atoms with Crippen molar-refractivity contribution in [2.24, 2.45) is 0 Å². The molecule has 266 valence electrons. The lowest BCUT2D eigenvalue weighted by molar-refractivity contribution is -0.189. The highest BCUT2D eigenvalue weighted by Gasteiger charge is 2.42. The summed E-state index contributed by atoms with van der Waals surface area (Å²) in [4.78, 5) is 51.0. The molecule has 6 aromatic rings. The Morgan fingerprint density at radius 2 is 1.60 bits per heavy atom. The fourth-order valence-corrected chi connectivity index (χ4v) is 5.29. The van der Waals surface area contributed by atoms with Crippen molar-refractivity contribution in [1.82, 2.24) is 19.5 Å². The van der Waals surface area contributed by atoms with Crippen LogP contribution in [0, 0.1) is 18.6 Å². The van der Waals surface area contributed by atoms with Crippen molar-refractivity contribution in [3.8, 4) is 22.8 Å². The molecule has 6 rings (SSSR count). The number of pyridine rings is 2. The van der Waals surface area contributed by atoms with Crippen LogP contribution < -0.4 is 20.9 Å². The molecular formula is C35H25F5N6O6. The zero-order valence-electron chi connectivity index (χ0n) is 26.7. The minimum Gasteiger partial charge on any atom is -0.400 e. The molecule has 17 heteroatoms. The summed E-state index contributed by atoms with van der Waals surface area (Å²) in [6.07, 6.45) is -5.32. The third kappa shape index (κ3) is 6.99. The molecule has 0 unspecified atom stereocenters. The number of halogens is 5. The van der Waals surface area contributed by atoms with Crippen molar-refractivity contribution in [3.05, 3.63) is 112 Å². The number of carbonyl (C=O) groups excluding carboxylic acids is 2. The van der Waals surface area contributed by atoms with Gasteiger partial charge in [0.15, 0.2) is 5.65 Å². The van der Waals surface area contributed by atoms with Gasteiger partial charge in [-0.2, -0.15) is 18.2 Å². The molecule has 0 radical (unpaired) electrons. The summed E-state index contributed by atoms with van der Waals surface area (Å²) in [7, 11) is 0. The molecule has 0 saturated heterocycles. The first-order valence-corrected chi connectivity index (χ1v) is 15.3. The second-order valence-corrected chi connectivity index (χ2v) is 11.3. The van der Waals surface area contributed by atoms with Crippen molar-refractivity contribution in [1.29, 1.82) is 0 Å². The maximum absolute atomic E-state index is 15.0. The number of hydrogen-bond acceptors (Lipinski definition) is 10. The van der Waals surface area contributed by atoms with Gasteiger partial charge in [-0.1, -0.05) is 30.3 Å². The predicted molar refractivity (Wildman–Crippen MR) is 178 cm³/mol. The summed E-state index contributed by atoms with van der Waals surface area (Å²) < 4.78 is 74.4. The van der Waals surface area contributed by atoms with Crippen LogP contribution in [0.3, 0.4) is 0 Å². The van der Waals surface area contributed by atoms with E-state index in [-0.39, 0.29) is 44.8 Å². The molecule has 3 aromatic heterocycles. The van der Waals surface area contributed by atoms with Gasteiger partial charge in [0.25, 0.3) is 11.5 Å². The number of para-hydroxylation sites is 1. The number of aliphatic hydroxyl groups excluding tert-OH is 2. The van der Waals surface area contributed by atoms with Crippen LogP contribution in [-0.2, 0) is 4.79 Å². The molecule has 0 aliphatic heterocycles. The van der Waals surface area contributed by atoms with Gasteiger partial charge in [0, 0.05) is 28.1 Å². The number of alkyl halides is 3. The van der Waals surface area contributed by atoms with Crippen LogP contribution in [0.2, 0.25) is 0 Å². The zero-order valence-corrected chi connectivity index (χ0v) is 26.7. The predicted octanol–water partition coefficient (Wildman–Crippen LogP) is 5.07. The van der Waals surface area contributed by atoms with Crippen LogP contribution in [-0.4, -0.2) is 67.0 Å². The number of aryl methyl sites for hydroxylation is 1. The largest absolute Gasteiger partial charge is 0.491 e. The van der Waals surface area contributed by atoms with Crippen LogP contribution in [0.4, 0.5) is 33.6 Å². The Kier molecular flexibility index (Phi) is 9.64. The maximum Gasteiger partial charge on any atom is 0.491 e. The first-order valence-electron chi connectivity index (χ1n) is 15.3. The van der Waals surface area contributed by atoms with Crippen LogP contribution in [0.1, 0.15) is 16.1 Å². The Morgan fingerprint density at radius 3 is 2.29 bits per heavy atom. The van der Waals surface area contributed by atoms with Gasteiger partial charge in [0.2, 0.25) is 11.8 Å². The molecule has 12 nitrogen and oxygen atoms in total. The number of carbonyl (C=O) groups is 2. The molecule has 4 N–H and O–H groups in total. The summed E-state index contributed by atoms with van der Waals surface area (Å²) in [6, 6.07) is 16.2. The molecule has 1 amide bonds. The summed E-state index contributed by atoms with van der Waals surface area (Å²) in [6.45, 7) is 0.569. The third-order valence-corrected chi connectivity index (χ3v) is 7.79. The van der Waals surface area contributed by atoms with Gasteiger partial charge in [-0.05, 0) is 60.3 Å². The summed E-state index contributed by atoms with van der Waals surface area (Å²) in [5.41, 5.74) is -1.06. The zero-order chi connectivity index (χ0) is 37.3. The number of aromatic nitrogens is 4. The molecule has 0 bridgehead atoms. The van der Waals surface area contributed by atoms with E-state index < -0.39 is 66.1 Å². The van der Waals surface area contributed by atoms with Crippen molar-refractivity contribution in [2.75, 3.05) is 23.8 Å². The van der Waals surface area contributed by atoms with E-state index in [9.17, 15) is 37.8 Å². The van der Waals surface area contributed by atoms with E-state index in [1.165, 1.54) is 42.5 Å². The average Bonchev–Trinajstić information content (AvgIpc) is 3.11. The number of anilines is 2. The number of nitrogens with one attached hydrogen (secondary N) is 2. The van der Waals surface area contributed by atoms with Crippen LogP contribution in [0.5, 0.6) is 5.88 Å². The normalized spacial score (nSPS) is 11.6. The van der Waals surface area contributed by atoms with E-state index in [1.54, 1.807) is 19.1 Å². The van der Waals surface area contributed by atoms with E-state index in [4.69, 9.17) is 0 Å². The van der Waals surface area contributed by atoms with Crippen LogP contribution in [0.25, 0.3) is 38.8 Å². The van der Waals surface area contributed by atoms with Gasteiger partial charge in [0.05, 0.1) is 24.9 Å². The van der Waals surface area contributed by atoms with Crippen molar-refractivity contribution >= 4 is 45.3 Å². The number of fused-ring (bicyclic) bond motifs is 2. The van der Waals surface area contributed by atoms with E-state index in [1.807, 2.05) is 0 Å². The van der Waals surface area contributed by atoms with Gasteiger partial charge < -0.3 is 25.6 Å². The molecule has 3 aromatic carbocycles. The Bertz CT molecular complexity index is 2410. The van der Waals surface area contributed by atoms with Gasteiger partial charge in [-0.3, -0.25) is 14.2 Å². The smallest absolute Gasteiger partial charge is 0.400 e. The molecule has 0 spiro atoms. The van der Waals surface area contributed by atoms with Crippen LogP contribution in [0.15, 0.2) is 83.7 Å². The highest BCUT2D eigenvalue weighted by atomic mass is 19.4. The number of aliphatic hydroxyl groups is 2. The molecule has 0 aliphatic carbocycles. The first kappa shape index (κ1) is 35.5. The average molecular weight is 721 g/mol. The molecule has 0 atom stereocenters. The SMILES string of the molecule is Cc1ccc(NC(=O)c2cc3ccccc3c(OC(=O)C(F)(F)F)n2)cc1-c1nc(NC(CO)CO)nc2c1ccc(=O)n2-c1c(F)cccc1F. The highest BCUT2D eigenvalue weighted by molar-refractivity contribution is 6.06. The lowest BCUT2D eigenvalue weighted by Gasteiger charge is -2.18. The number of benzene rings is 3. The van der Waals surface area contributed by atoms with Gasteiger partial charge in [-0.25, -0.2) is 23.5 Å². The van der Waals surface area contributed by atoms with Gasteiger partial charge in [-0.15, -0.1) is 0 Å². The fraction of sp³-hybridized carbons (Fsp3) is 0.143. The first-order chi connectivity index (χ1) is 24.8. The molecule has 0 aliphatic rings. The highest BCUT2D eigenvalue weighted by Crippen LogP contribution is 2.33. The number of esters is 1. The topological polar surface area (TPSA) is 169 Å². The molecular weight excluding hydrogens is 695 g/mol. The van der Waals surface area contributed by atoms with Crippen LogP contribution >= 0.6 is 0 Å². The summed E-state index contributed by atoms with van der Waals surface area (Å²) >= 11 is 0. The number of rotatable bonds is 9. The van der Waals surface area contributed by atoms with E-state index >= 15 is 8.78 Å². The third-order valence-electron chi connectivity index (χ3n) is 7.79. The maximum atomic E-state index is 15.0. The van der Waals surface area contributed by atoms with Crippen molar-refractivity contribution in [2.45, 2.75) is 19.1 Å². The summed E-state index contributed by atoms with van der Waals surface area (Å²) in [5, 5.41) is 25.2. The molecule has 0 fully saturated rings. The Balaban J connectivity index is 1.47. The van der Waals surface area contributed by atoms with E-state index in [0.717, 1.165) is 28.8 Å².